The molecule has 0 aromatic rings. The summed E-state index contributed by atoms with van der Waals surface area (Å²) in [5, 5.41) is 4.26. The first kappa shape index (κ1) is 13.7. The average Bonchev–Trinajstić information content (AvgIpc) is 2.30. The molecule has 0 spiro atoms. The van der Waals surface area contributed by atoms with Gasteiger partial charge in [0.2, 0.25) is 0 Å². The highest BCUT2D eigenvalue weighted by atomic mass is 32.2. The Bertz CT molecular complexity index is 226. The predicted octanol–water partition coefficient (Wildman–Crippen LogP) is 1.44. The van der Waals surface area contributed by atoms with Gasteiger partial charge in [0.15, 0.2) is 0 Å². The fraction of sp³-hybridized carbons (Fsp3) is 1.00. The van der Waals surface area contributed by atoms with E-state index >= 15 is 0 Å². The minimum Gasteiger partial charge on any atom is -0.384 e. The van der Waals surface area contributed by atoms with E-state index in [4.69, 9.17) is 4.74 Å². The Morgan fingerprint density at radius 1 is 1.41 bits per heavy atom. The van der Waals surface area contributed by atoms with E-state index in [2.05, 4.69) is 28.9 Å². The lowest BCUT2D eigenvalue weighted by molar-refractivity contribution is 0.0234. The molecule has 1 N–H and O–H groups in total. The molecule has 2 saturated heterocycles. The maximum Gasteiger partial charge on any atom is 0.0531 e. The molecule has 2 rings (SSSR count). The molecule has 1 unspecified atom stereocenters. The van der Waals surface area contributed by atoms with Gasteiger partial charge in [-0.1, -0.05) is 6.92 Å². The molecule has 2 heterocycles. The first-order valence-corrected chi connectivity index (χ1v) is 7.83. The molecule has 0 radical (unpaired) electrons. The van der Waals surface area contributed by atoms with Crippen molar-refractivity contribution in [3.05, 3.63) is 0 Å². The summed E-state index contributed by atoms with van der Waals surface area (Å²) in [5.74, 6) is 1.29. The molecule has 2 aliphatic heterocycles. The Morgan fingerprint density at radius 3 is 2.82 bits per heavy atom. The van der Waals surface area contributed by atoms with Gasteiger partial charge in [-0.25, -0.2) is 0 Å². The van der Waals surface area contributed by atoms with Crippen molar-refractivity contribution in [2.24, 2.45) is 5.41 Å². The van der Waals surface area contributed by atoms with Crippen molar-refractivity contribution < 1.29 is 4.74 Å². The van der Waals surface area contributed by atoms with Gasteiger partial charge in [0, 0.05) is 43.2 Å². The lowest BCUT2D eigenvalue weighted by atomic mass is 9.79. The number of hydrogen-bond acceptors (Lipinski definition) is 4. The molecular weight excluding hydrogens is 232 g/mol. The molecular formula is C13H26N2OS. The average molecular weight is 258 g/mol. The quantitative estimate of drug-likeness (QED) is 0.825. The molecule has 0 amide bonds. The predicted molar refractivity (Wildman–Crippen MR) is 74.8 cm³/mol. The lowest BCUT2D eigenvalue weighted by Crippen LogP contribution is -2.50. The van der Waals surface area contributed by atoms with E-state index in [1.807, 2.05) is 7.11 Å². The Hall–Kier alpha value is 0.230. The van der Waals surface area contributed by atoms with Crippen LogP contribution in [-0.2, 0) is 4.74 Å². The van der Waals surface area contributed by atoms with Crippen molar-refractivity contribution in [3.63, 3.8) is 0 Å². The van der Waals surface area contributed by atoms with Gasteiger partial charge in [-0.2, -0.15) is 11.8 Å². The largest absolute Gasteiger partial charge is 0.384 e. The van der Waals surface area contributed by atoms with Crippen molar-refractivity contribution in [1.29, 1.82) is 0 Å². The van der Waals surface area contributed by atoms with Crippen molar-refractivity contribution in [3.8, 4) is 0 Å². The van der Waals surface area contributed by atoms with Crippen LogP contribution < -0.4 is 5.32 Å². The third-order valence-corrected chi connectivity index (χ3v) is 5.14. The zero-order chi connectivity index (χ0) is 12.1. The van der Waals surface area contributed by atoms with Crippen LogP contribution in [-0.4, -0.2) is 62.3 Å². The maximum atomic E-state index is 5.49. The Kier molecular flexibility index (Phi) is 5.15. The second kappa shape index (κ2) is 6.41. The van der Waals surface area contributed by atoms with E-state index in [9.17, 15) is 0 Å². The smallest absolute Gasteiger partial charge is 0.0531 e. The maximum absolute atomic E-state index is 5.49. The summed E-state index contributed by atoms with van der Waals surface area (Å²) in [6.07, 6.45) is 2.53. The second-order valence-electron chi connectivity index (χ2n) is 5.60. The SMILES string of the molecule is COCC1(CN2CCSC(C)C2)CCNCC1. The molecule has 0 aromatic carbocycles. The van der Waals surface area contributed by atoms with Crippen LogP contribution in [0.25, 0.3) is 0 Å². The van der Waals surface area contributed by atoms with Crippen LogP contribution in [0.1, 0.15) is 19.8 Å². The zero-order valence-corrected chi connectivity index (χ0v) is 12.0. The summed E-state index contributed by atoms with van der Waals surface area (Å²) in [4.78, 5) is 2.66. The van der Waals surface area contributed by atoms with Crippen LogP contribution >= 0.6 is 11.8 Å². The number of nitrogens with zero attached hydrogens (tertiary/aromatic N) is 1. The van der Waals surface area contributed by atoms with E-state index in [-0.39, 0.29) is 0 Å². The van der Waals surface area contributed by atoms with Crippen LogP contribution in [0.3, 0.4) is 0 Å². The first-order valence-electron chi connectivity index (χ1n) is 6.78. The summed E-state index contributed by atoms with van der Waals surface area (Å²) < 4.78 is 5.49. The van der Waals surface area contributed by atoms with Crippen molar-refractivity contribution in [1.82, 2.24) is 10.2 Å². The van der Waals surface area contributed by atoms with E-state index in [0.717, 1.165) is 24.9 Å². The topological polar surface area (TPSA) is 24.5 Å². The van der Waals surface area contributed by atoms with Crippen LogP contribution in [0, 0.1) is 5.41 Å². The van der Waals surface area contributed by atoms with Gasteiger partial charge < -0.3 is 15.0 Å². The summed E-state index contributed by atoms with van der Waals surface area (Å²) in [7, 11) is 1.85. The van der Waals surface area contributed by atoms with Crippen LogP contribution in [0.5, 0.6) is 0 Å². The Morgan fingerprint density at radius 2 is 2.18 bits per heavy atom. The summed E-state index contributed by atoms with van der Waals surface area (Å²) in [5.41, 5.74) is 0.404. The number of nitrogens with one attached hydrogen (secondary N) is 1. The molecule has 2 fully saturated rings. The minimum absolute atomic E-state index is 0.404. The number of methoxy groups -OCH3 is 1. The molecule has 100 valence electrons. The first-order chi connectivity index (χ1) is 8.24. The second-order valence-corrected chi connectivity index (χ2v) is 7.15. The van der Waals surface area contributed by atoms with E-state index < -0.39 is 0 Å². The molecule has 0 aliphatic carbocycles. The third kappa shape index (κ3) is 3.85. The van der Waals surface area contributed by atoms with Gasteiger partial charge in [-0.3, -0.25) is 0 Å². The highest BCUT2D eigenvalue weighted by molar-refractivity contribution is 7.99. The molecule has 0 saturated carbocycles. The zero-order valence-electron chi connectivity index (χ0n) is 11.2. The molecule has 0 aromatic heterocycles. The van der Waals surface area contributed by atoms with Crippen molar-refractivity contribution >= 4 is 11.8 Å². The number of ether oxygens (including phenoxy) is 1. The molecule has 3 nitrogen and oxygen atoms in total. The summed E-state index contributed by atoms with van der Waals surface area (Å²) in [6.45, 7) is 9.32. The number of rotatable bonds is 4. The fourth-order valence-corrected chi connectivity index (χ4v) is 4.20. The van der Waals surface area contributed by atoms with Crippen LogP contribution in [0.15, 0.2) is 0 Å². The number of hydrogen-bond donors (Lipinski definition) is 1. The van der Waals surface area contributed by atoms with E-state index in [1.54, 1.807) is 0 Å². The fourth-order valence-electron chi connectivity index (χ4n) is 3.12. The van der Waals surface area contributed by atoms with Gasteiger partial charge in [-0.05, 0) is 25.9 Å². The monoisotopic (exact) mass is 258 g/mol. The van der Waals surface area contributed by atoms with E-state index in [0.29, 0.717) is 5.41 Å². The number of piperidine rings is 1. The van der Waals surface area contributed by atoms with E-state index in [1.165, 1.54) is 38.2 Å². The lowest BCUT2D eigenvalue weighted by Gasteiger charge is -2.42. The summed E-state index contributed by atoms with van der Waals surface area (Å²) >= 11 is 2.11. The minimum atomic E-state index is 0.404. The van der Waals surface area contributed by atoms with Gasteiger partial charge in [-0.15, -0.1) is 0 Å². The highest BCUT2D eigenvalue weighted by Crippen LogP contribution is 2.31. The van der Waals surface area contributed by atoms with Gasteiger partial charge in [0.05, 0.1) is 6.61 Å². The molecule has 1 atom stereocenters. The Balaban J connectivity index is 1.91. The van der Waals surface area contributed by atoms with Gasteiger partial charge >= 0.3 is 0 Å². The van der Waals surface area contributed by atoms with Crippen molar-refractivity contribution in [2.75, 3.05) is 52.2 Å². The van der Waals surface area contributed by atoms with Gasteiger partial charge in [0.25, 0.3) is 0 Å². The third-order valence-electron chi connectivity index (χ3n) is 4.00. The van der Waals surface area contributed by atoms with Crippen molar-refractivity contribution in [2.45, 2.75) is 25.0 Å². The highest BCUT2D eigenvalue weighted by Gasteiger charge is 2.34. The molecule has 4 heteroatoms. The molecule has 17 heavy (non-hydrogen) atoms. The summed E-state index contributed by atoms with van der Waals surface area (Å²) in [6, 6.07) is 0. The van der Waals surface area contributed by atoms with Crippen LogP contribution in [0.4, 0.5) is 0 Å². The number of thioether (sulfide) groups is 1. The Labute approximate surface area is 110 Å². The standard InChI is InChI=1S/C13H26N2OS/c1-12-9-15(7-8-17-12)10-13(11-16-2)3-5-14-6-4-13/h12,14H,3-11H2,1-2H3. The van der Waals surface area contributed by atoms with Crippen LogP contribution in [0.2, 0.25) is 0 Å². The van der Waals surface area contributed by atoms with Gasteiger partial charge in [0.1, 0.15) is 0 Å². The molecule has 0 bridgehead atoms. The molecule has 2 aliphatic rings. The normalized spacial score (nSPS) is 30.4.